The van der Waals surface area contributed by atoms with Crippen LogP contribution in [0.15, 0.2) is 17.2 Å². The third-order valence-electron chi connectivity index (χ3n) is 3.29. The van der Waals surface area contributed by atoms with Crippen LogP contribution in [0.1, 0.15) is 44.8 Å². The molecular formula is C12H20N2O3S. The van der Waals surface area contributed by atoms with Crippen LogP contribution in [0.5, 0.6) is 0 Å². The molecule has 1 atom stereocenters. The quantitative estimate of drug-likeness (QED) is 0.822. The van der Waals surface area contributed by atoms with Gasteiger partial charge in [-0.1, -0.05) is 6.92 Å². The molecule has 1 aliphatic carbocycles. The van der Waals surface area contributed by atoms with E-state index >= 15 is 0 Å². The van der Waals surface area contributed by atoms with Gasteiger partial charge in [-0.2, -0.15) is 0 Å². The molecule has 1 aliphatic rings. The summed E-state index contributed by atoms with van der Waals surface area (Å²) in [5, 5.41) is 9.27. The van der Waals surface area contributed by atoms with E-state index in [0.717, 1.165) is 19.3 Å². The van der Waals surface area contributed by atoms with Gasteiger partial charge in [-0.25, -0.2) is 13.1 Å². The Labute approximate surface area is 108 Å². The maximum atomic E-state index is 12.1. The zero-order valence-electron chi connectivity index (χ0n) is 10.8. The molecule has 6 heteroatoms. The Balaban J connectivity index is 2.27. The average molecular weight is 272 g/mol. The molecule has 0 saturated heterocycles. The van der Waals surface area contributed by atoms with Gasteiger partial charge in [0.25, 0.3) is 0 Å². The fourth-order valence-corrected chi connectivity index (χ4v) is 3.26. The van der Waals surface area contributed by atoms with E-state index in [2.05, 4.69) is 4.72 Å². The van der Waals surface area contributed by atoms with Crippen molar-refractivity contribution in [2.75, 3.05) is 0 Å². The van der Waals surface area contributed by atoms with E-state index in [-0.39, 0.29) is 17.5 Å². The van der Waals surface area contributed by atoms with E-state index in [1.165, 1.54) is 0 Å². The van der Waals surface area contributed by atoms with Crippen LogP contribution in [0.3, 0.4) is 0 Å². The van der Waals surface area contributed by atoms with Crippen molar-refractivity contribution in [2.45, 2.75) is 56.7 Å². The van der Waals surface area contributed by atoms with Crippen LogP contribution in [-0.2, 0) is 16.6 Å². The first-order valence-electron chi connectivity index (χ1n) is 6.32. The largest absolute Gasteiger partial charge is 0.390 e. The fourth-order valence-electron chi connectivity index (χ4n) is 1.88. The minimum Gasteiger partial charge on any atom is -0.390 e. The van der Waals surface area contributed by atoms with E-state index in [1.807, 2.05) is 18.4 Å². The molecule has 0 aliphatic heterocycles. The number of aromatic nitrogens is 1. The van der Waals surface area contributed by atoms with Crippen LogP contribution >= 0.6 is 0 Å². The zero-order chi connectivity index (χ0) is 13.3. The lowest BCUT2D eigenvalue weighted by Crippen LogP contribution is -2.31. The van der Waals surface area contributed by atoms with Crippen molar-refractivity contribution in [1.29, 1.82) is 0 Å². The smallest absolute Gasteiger partial charge is 0.242 e. The van der Waals surface area contributed by atoms with E-state index in [4.69, 9.17) is 0 Å². The van der Waals surface area contributed by atoms with Gasteiger partial charge in [0.05, 0.1) is 11.5 Å². The zero-order valence-corrected chi connectivity index (χ0v) is 11.6. The van der Waals surface area contributed by atoms with Gasteiger partial charge < -0.3 is 9.67 Å². The van der Waals surface area contributed by atoms with Crippen molar-refractivity contribution >= 4 is 10.0 Å². The molecule has 2 N–H and O–H groups in total. The number of nitrogens with one attached hydrogen (secondary N) is 1. The fraction of sp³-hybridized carbons (Fsp3) is 0.667. The van der Waals surface area contributed by atoms with Gasteiger partial charge in [-0.15, -0.1) is 0 Å². The van der Waals surface area contributed by atoms with Crippen LogP contribution in [0.25, 0.3) is 0 Å². The predicted octanol–water partition coefficient (Wildman–Crippen LogP) is 1.39. The van der Waals surface area contributed by atoms with Gasteiger partial charge in [-0.3, -0.25) is 0 Å². The molecule has 5 nitrogen and oxygen atoms in total. The topological polar surface area (TPSA) is 71.3 Å². The summed E-state index contributed by atoms with van der Waals surface area (Å²) in [6.45, 7) is 3.64. The summed E-state index contributed by atoms with van der Waals surface area (Å²) in [6, 6.07) is 1.83. The highest BCUT2D eigenvalue weighted by Gasteiger charge is 2.28. The number of aliphatic hydroxyl groups excluding tert-OH is 1. The second-order valence-electron chi connectivity index (χ2n) is 4.89. The number of sulfonamides is 1. The summed E-state index contributed by atoms with van der Waals surface area (Å²) in [4.78, 5) is 0.249. The Bertz CT molecular complexity index is 517. The van der Waals surface area contributed by atoms with E-state index in [0.29, 0.717) is 11.7 Å². The molecule has 0 bridgehead atoms. The van der Waals surface area contributed by atoms with E-state index < -0.39 is 10.0 Å². The van der Waals surface area contributed by atoms with Crippen LogP contribution in [0, 0.1) is 0 Å². The lowest BCUT2D eigenvalue weighted by atomic mass is 10.3. The first-order valence-corrected chi connectivity index (χ1v) is 7.80. The van der Waals surface area contributed by atoms with Gasteiger partial charge in [0.15, 0.2) is 0 Å². The molecule has 0 amide bonds. The summed E-state index contributed by atoms with van der Waals surface area (Å²) in [5.74, 6) is 0. The number of hydrogen-bond donors (Lipinski definition) is 2. The molecule has 1 heterocycles. The van der Waals surface area contributed by atoms with Crippen molar-refractivity contribution in [3.63, 3.8) is 0 Å². The van der Waals surface area contributed by atoms with Crippen LogP contribution in [-0.4, -0.2) is 24.1 Å². The number of nitrogens with zero attached hydrogens (tertiary/aromatic N) is 1. The molecular weight excluding hydrogens is 252 g/mol. The van der Waals surface area contributed by atoms with Crippen molar-refractivity contribution in [2.24, 2.45) is 0 Å². The van der Waals surface area contributed by atoms with Gasteiger partial charge in [0.1, 0.15) is 0 Å². The maximum absolute atomic E-state index is 12.1. The van der Waals surface area contributed by atoms with Crippen LogP contribution < -0.4 is 4.72 Å². The van der Waals surface area contributed by atoms with Gasteiger partial charge >= 0.3 is 0 Å². The summed E-state index contributed by atoms with van der Waals surface area (Å²) in [6.07, 6.45) is 4.49. The van der Waals surface area contributed by atoms with Crippen LogP contribution in [0.4, 0.5) is 0 Å². The number of rotatable bonds is 6. The molecule has 0 spiro atoms. The average Bonchev–Trinajstić information content (AvgIpc) is 3.07. The number of hydrogen-bond acceptors (Lipinski definition) is 3. The Morgan fingerprint density at radius 2 is 2.22 bits per heavy atom. The molecule has 2 rings (SSSR count). The molecule has 102 valence electrons. The van der Waals surface area contributed by atoms with E-state index in [9.17, 15) is 13.5 Å². The highest BCUT2D eigenvalue weighted by atomic mass is 32.2. The normalized spacial score (nSPS) is 17.9. The van der Waals surface area contributed by atoms with Gasteiger partial charge in [0.2, 0.25) is 10.0 Å². The molecule has 0 radical (unpaired) electrons. The van der Waals surface area contributed by atoms with Gasteiger partial charge in [0, 0.05) is 24.0 Å². The Hall–Kier alpha value is -0.850. The highest BCUT2D eigenvalue weighted by Crippen LogP contribution is 2.37. The molecule has 1 saturated carbocycles. The summed E-state index contributed by atoms with van der Waals surface area (Å²) >= 11 is 0. The molecule has 1 aromatic rings. The summed E-state index contributed by atoms with van der Waals surface area (Å²) in [5.41, 5.74) is 0.669. The van der Waals surface area contributed by atoms with Crippen molar-refractivity contribution < 1.29 is 13.5 Å². The van der Waals surface area contributed by atoms with Crippen LogP contribution in [0.2, 0.25) is 0 Å². The Morgan fingerprint density at radius 1 is 1.56 bits per heavy atom. The van der Waals surface area contributed by atoms with E-state index in [1.54, 1.807) is 12.3 Å². The summed E-state index contributed by atoms with van der Waals surface area (Å²) in [7, 11) is -3.47. The standard InChI is InChI=1S/C12H20N2O3S/c1-3-9(2)13-18(16,17)12-6-11(8-15)14(7-12)10-4-5-10/h6-7,9-10,13,15H,3-5,8H2,1-2H3. The first kappa shape index (κ1) is 13.6. The second-order valence-corrected chi connectivity index (χ2v) is 6.61. The first-order chi connectivity index (χ1) is 8.47. The molecule has 0 aromatic carbocycles. The lowest BCUT2D eigenvalue weighted by molar-refractivity contribution is 0.270. The minimum atomic E-state index is -3.47. The lowest BCUT2D eigenvalue weighted by Gasteiger charge is -2.10. The Morgan fingerprint density at radius 3 is 2.72 bits per heavy atom. The second kappa shape index (κ2) is 5.03. The third kappa shape index (κ3) is 2.76. The van der Waals surface area contributed by atoms with Gasteiger partial charge in [-0.05, 0) is 32.3 Å². The SMILES string of the molecule is CCC(C)NS(=O)(=O)c1cc(CO)n(C2CC2)c1. The van der Waals surface area contributed by atoms with Crippen molar-refractivity contribution in [1.82, 2.24) is 9.29 Å². The minimum absolute atomic E-state index is 0.0862. The molecule has 1 unspecified atom stereocenters. The molecule has 1 fully saturated rings. The highest BCUT2D eigenvalue weighted by molar-refractivity contribution is 7.89. The predicted molar refractivity (Wildman–Crippen MR) is 68.7 cm³/mol. The van der Waals surface area contributed by atoms with Crippen molar-refractivity contribution in [3.8, 4) is 0 Å². The third-order valence-corrected chi connectivity index (χ3v) is 4.84. The maximum Gasteiger partial charge on any atom is 0.242 e. The number of aliphatic hydroxyl groups is 1. The summed E-state index contributed by atoms with van der Waals surface area (Å²) < 4.78 is 28.7. The Kier molecular flexibility index (Phi) is 3.79. The molecule has 18 heavy (non-hydrogen) atoms. The monoisotopic (exact) mass is 272 g/mol. The van der Waals surface area contributed by atoms with Crippen molar-refractivity contribution in [3.05, 3.63) is 18.0 Å². The molecule has 1 aromatic heterocycles.